The molecular formula is C8H13F3N2OS. The second kappa shape index (κ2) is 5.07. The van der Waals surface area contributed by atoms with Gasteiger partial charge in [-0.2, -0.15) is 13.2 Å². The Hall–Kier alpha value is -0.430. The molecule has 0 aromatic rings. The van der Waals surface area contributed by atoms with Crippen LogP contribution in [0.2, 0.25) is 0 Å². The highest BCUT2D eigenvalue weighted by molar-refractivity contribution is 8.00. The number of carbonyl (C=O) groups excluding carboxylic acids is 1. The second-order valence-corrected chi connectivity index (χ2v) is 4.52. The fourth-order valence-electron chi connectivity index (χ4n) is 1.47. The minimum Gasteiger partial charge on any atom is -0.340 e. The van der Waals surface area contributed by atoms with Crippen molar-refractivity contribution in [1.82, 2.24) is 4.90 Å². The number of likely N-dealkylation sites (tertiary alicyclic amines) is 1. The molecule has 1 atom stereocenters. The smallest absolute Gasteiger partial charge is 0.340 e. The van der Waals surface area contributed by atoms with E-state index >= 15 is 0 Å². The van der Waals surface area contributed by atoms with Gasteiger partial charge in [-0.3, -0.25) is 4.79 Å². The van der Waals surface area contributed by atoms with E-state index in [0.29, 0.717) is 13.1 Å². The van der Waals surface area contributed by atoms with Crippen molar-refractivity contribution in [3.63, 3.8) is 0 Å². The average molecular weight is 242 g/mol. The fourth-order valence-corrected chi connectivity index (χ4v) is 1.94. The van der Waals surface area contributed by atoms with Crippen LogP contribution in [0.3, 0.4) is 0 Å². The highest BCUT2D eigenvalue weighted by Gasteiger charge is 2.31. The predicted molar refractivity (Wildman–Crippen MR) is 52.3 cm³/mol. The van der Waals surface area contributed by atoms with E-state index in [-0.39, 0.29) is 17.8 Å². The van der Waals surface area contributed by atoms with Crippen molar-refractivity contribution in [2.45, 2.75) is 24.4 Å². The molecule has 0 aromatic carbocycles. The van der Waals surface area contributed by atoms with Crippen LogP contribution >= 0.6 is 11.8 Å². The predicted octanol–water partition coefficient (Wildman–Crippen LogP) is 1.19. The van der Waals surface area contributed by atoms with Gasteiger partial charge in [0.2, 0.25) is 5.91 Å². The van der Waals surface area contributed by atoms with Gasteiger partial charge in [0.15, 0.2) is 0 Å². The Morgan fingerprint density at radius 1 is 1.53 bits per heavy atom. The number of nitrogens with two attached hydrogens (primary N) is 1. The molecule has 1 rings (SSSR count). The molecule has 2 N–H and O–H groups in total. The molecule has 0 aromatic heterocycles. The molecule has 0 saturated carbocycles. The van der Waals surface area contributed by atoms with Gasteiger partial charge in [0.05, 0.1) is 5.75 Å². The van der Waals surface area contributed by atoms with Crippen LogP contribution in [0.1, 0.15) is 12.8 Å². The quantitative estimate of drug-likeness (QED) is 0.791. The SMILES string of the molecule is NC1CCCN(C(=O)CSC(F)(F)F)C1. The van der Waals surface area contributed by atoms with E-state index in [0.717, 1.165) is 12.8 Å². The topological polar surface area (TPSA) is 46.3 Å². The Balaban J connectivity index is 2.33. The summed E-state index contributed by atoms with van der Waals surface area (Å²) in [6.07, 6.45) is 1.60. The molecule has 0 spiro atoms. The molecule has 0 bridgehead atoms. The van der Waals surface area contributed by atoms with E-state index in [4.69, 9.17) is 5.73 Å². The first-order valence-corrected chi connectivity index (χ1v) is 5.61. The van der Waals surface area contributed by atoms with Crippen molar-refractivity contribution in [2.75, 3.05) is 18.8 Å². The summed E-state index contributed by atoms with van der Waals surface area (Å²) in [5.41, 5.74) is 1.28. The van der Waals surface area contributed by atoms with Gasteiger partial charge in [-0.25, -0.2) is 0 Å². The molecule has 0 radical (unpaired) electrons. The minimum absolute atomic E-state index is 0.0985. The number of piperidine rings is 1. The van der Waals surface area contributed by atoms with E-state index in [9.17, 15) is 18.0 Å². The summed E-state index contributed by atoms with van der Waals surface area (Å²) in [7, 11) is 0. The van der Waals surface area contributed by atoms with Gasteiger partial charge in [0.25, 0.3) is 0 Å². The van der Waals surface area contributed by atoms with E-state index in [1.165, 1.54) is 4.90 Å². The zero-order chi connectivity index (χ0) is 11.5. The van der Waals surface area contributed by atoms with Gasteiger partial charge in [-0.1, -0.05) is 0 Å². The van der Waals surface area contributed by atoms with Crippen molar-refractivity contribution >= 4 is 17.7 Å². The average Bonchev–Trinajstić information content (AvgIpc) is 2.13. The number of thioether (sulfide) groups is 1. The third-order valence-electron chi connectivity index (χ3n) is 2.17. The summed E-state index contributed by atoms with van der Waals surface area (Å²) in [6.45, 7) is 0.891. The lowest BCUT2D eigenvalue weighted by molar-refractivity contribution is -0.129. The first kappa shape index (κ1) is 12.6. The number of carbonyl (C=O) groups is 1. The number of amides is 1. The lowest BCUT2D eigenvalue weighted by atomic mass is 10.1. The summed E-state index contributed by atoms with van der Waals surface area (Å²) < 4.78 is 35.5. The summed E-state index contributed by atoms with van der Waals surface area (Å²) in [4.78, 5) is 12.7. The van der Waals surface area contributed by atoms with Gasteiger partial charge >= 0.3 is 5.51 Å². The van der Waals surface area contributed by atoms with E-state index in [1.807, 2.05) is 0 Å². The minimum atomic E-state index is -4.34. The van der Waals surface area contributed by atoms with Gasteiger partial charge < -0.3 is 10.6 Å². The lowest BCUT2D eigenvalue weighted by Crippen LogP contribution is -2.46. The Bertz CT molecular complexity index is 234. The molecule has 1 unspecified atom stereocenters. The van der Waals surface area contributed by atoms with Crippen LogP contribution in [0.5, 0.6) is 0 Å². The summed E-state index contributed by atoms with van der Waals surface area (Å²) in [5, 5.41) is 0. The van der Waals surface area contributed by atoms with Crippen molar-refractivity contribution in [3.05, 3.63) is 0 Å². The molecule has 1 fully saturated rings. The van der Waals surface area contributed by atoms with Crippen molar-refractivity contribution in [3.8, 4) is 0 Å². The van der Waals surface area contributed by atoms with Gasteiger partial charge in [-0.05, 0) is 24.6 Å². The molecule has 3 nitrogen and oxygen atoms in total. The van der Waals surface area contributed by atoms with Crippen LogP contribution in [-0.4, -0.2) is 41.2 Å². The maximum atomic E-state index is 11.8. The zero-order valence-electron chi connectivity index (χ0n) is 8.09. The van der Waals surface area contributed by atoms with E-state index in [2.05, 4.69) is 0 Å². The van der Waals surface area contributed by atoms with Crippen molar-refractivity contribution < 1.29 is 18.0 Å². The van der Waals surface area contributed by atoms with Gasteiger partial charge in [-0.15, -0.1) is 0 Å². The first-order valence-electron chi connectivity index (χ1n) is 4.62. The fraction of sp³-hybridized carbons (Fsp3) is 0.875. The Kier molecular flexibility index (Phi) is 4.27. The van der Waals surface area contributed by atoms with Crippen LogP contribution in [0.15, 0.2) is 0 Å². The number of halogens is 3. The van der Waals surface area contributed by atoms with Gasteiger partial charge in [0, 0.05) is 19.1 Å². The Labute approximate surface area is 90.2 Å². The third kappa shape index (κ3) is 4.74. The molecular weight excluding hydrogens is 229 g/mol. The van der Waals surface area contributed by atoms with Crippen LogP contribution < -0.4 is 5.73 Å². The molecule has 1 saturated heterocycles. The standard InChI is InChI=1S/C8H13F3N2OS/c9-8(10,11)15-5-7(14)13-3-1-2-6(12)4-13/h6H,1-5,12H2. The molecule has 1 amide bonds. The first-order chi connectivity index (χ1) is 6.88. The van der Waals surface area contributed by atoms with Crippen molar-refractivity contribution in [2.24, 2.45) is 5.73 Å². The molecule has 0 aliphatic carbocycles. The van der Waals surface area contributed by atoms with Crippen LogP contribution in [0.4, 0.5) is 13.2 Å². The monoisotopic (exact) mass is 242 g/mol. The maximum Gasteiger partial charge on any atom is 0.442 e. The molecule has 1 aliphatic heterocycles. The number of hydrogen-bond donors (Lipinski definition) is 1. The molecule has 1 heterocycles. The third-order valence-corrected chi connectivity index (χ3v) is 2.89. The van der Waals surface area contributed by atoms with E-state index in [1.54, 1.807) is 0 Å². The second-order valence-electron chi connectivity index (χ2n) is 3.48. The Morgan fingerprint density at radius 3 is 2.73 bits per heavy atom. The lowest BCUT2D eigenvalue weighted by Gasteiger charge is -2.30. The normalized spacial score (nSPS) is 22.9. The number of nitrogens with zero attached hydrogens (tertiary/aromatic N) is 1. The van der Waals surface area contributed by atoms with Crippen LogP contribution in [0.25, 0.3) is 0 Å². The number of rotatable bonds is 2. The van der Waals surface area contributed by atoms with Crippen molar-refractivity contribution in [1.29, 1.82) is 0 Å². The zero-order valence-corrected chi connectivity index (χ0v) is 8.90. The van der Waals surface area contributed by atoms with Crippen LogP contribution in [-0.2, 0) is 4.79 Å². The highest BCUT2D eigenvalue weighted by atomic mass is 32.2. The highest BCUT2D eigenvalue weighted by Crippen LogP contribution is 2.30. The summed E-state index contributed by atoms with van der Waals surface area (Å²) in [5.74, 6) is -1.02. The van der Waals surface area contributed by atoms with Crippen LogP contribution in [0, 0.1) is 0 Å². The number of hydrogen-bond acceptors (Lipinski definition) is 3. The maximum absolute atomic E-state index is 11.8. The summed E-state index contributed by atoms with van der Waals surface area (Å²) >= 11 is -0.295. The molecule has 15 heavy (non-hydrogen) atoms. The van der Waals surface area contributed by atoms with Gasteiger partial charge in [0.1, 0.15) is 0 Å². The molecule has 7 heteroatoms. The molecule has 1 aliphatic rings. The Morgan fingerprint density at radius 2 is 2.20 bits per heavy atom. The molecule has 88 valence electrons. The largest absolute Gasteiger partial charge is 0.442 e. The summed E-state index contributed by atoms with van der Waals surface area (Å²) in [6, 6.07) is -0.0985. The van der Waals surface area contributed by atoms with E-state index < -0.39 is 17.2 Å². The number of alkyl halides is 3.